The summed E-state index contributed by atoms with van der Waals surface area (Å²) in [5.74, 6) is 0. The Hall–Kier alpha value is -1.32. The molecule has 84 valence electrons. The van der Waals surface area contributed by atoms with Crippen LogP contribution in [-0.2, 0) is 10.2 Å². The van der Waals surface area contributed by atoms with E-state index in [4.69, 9.17) is 4.74 Å². The molecule has 0 spiro atoms. The molecule has 2 N–H and O–H groups in total. The van der Waals surface area contributed by atoms with Crippen molar-refractivity contribution in [2.75, 3.05) is 19.8 Å². The summed E-state index contributed by atoms with van der Waals surface area (Å²) in [4.78, 5) is 3.23. The summed E-state index contributed by atoms with van der Waals surface area (Å²) >= 11 is 0. The van der Waals surface area contributed by atoms with E-state index < -0.39 is 0 Å². The molecule has 16 heavy (non-hydrogen) atoms. The molecule has 0 amide bonds. The Morgan fingerprint density at radius 3 is 2.88 bits per heavy atom. The van der Waals surface area contributed by atoms with E-state index in [0.29, 0.717) is 13.2 Å². The zero-order valence-corrected chi connectivity index (χ0v) is 9.29. The van der Waals surface area contributed by atoms with E-state index in [1.54, 1.807) is 0 Å². The maximum atomic E-state index is 9.49. The molecule has 0 radical (unpaired) electrons. The molecule has 0 aliphatic carbocycles. The highest BCUT2D eigenvalue weighted by molar-refractivity contribution is 5.83. The van der Waals surface area contributed by atoms with Gasteiger partial charge in [0.1, 0.15) is 0 Å². The van der Waals surface area contributed by atoms with Gasteiger partial charge in [-0.1, -0.05) is 6.07 Å². The van der Waals surface area contributed by atoms with Crippen molar-refractivity contribution < 1.29 is 9.84 Å². The number of fused-ring (bicyclic) bond motifs is 1. The number of hydrogen-bond acceptors (Lipinski definition) is 2. The van der Waals surface area contributed by atoms with Crippen LogP contribution in [-0.4, -0.2) is 29.9 Å². The summed E-state index contributed by atoms with van der Waals surface area (Å²) in [6, 6.07) is 6.32. The lowest BCUT2D eigenvalue weighted by atomic mass is 9.79. The molecule has 1 aromatic heterocycles. The monoisotopic (exact) mass is 217 g/mol. The third-order valence-electron chi connectivity index (χ3n) is 3.56. The van der Waals surface area contributed by atoms with E-state index in [1.165, 1.54) is 16.5 Å². The lowest BCUT2D eigenvalue weighted by molar-refractivity contribution is -0.0841. The fourth-order valence-electron chi connectivity index (χ4n) is 2.29. The number of ether oxygens (including phenoxy) is 1. The fraction of sp³-hybridized carbons (Fsp3) is 0.385. The Morgan fingerprint density at radius 2 is 2.25 bits per heavy atom. The summed E-state index contributed by atoms with van der Waals surface area (Å²) in [5.41, 5.74) is 3.40. The van der Waals surface area contributed by atoms with Crippen molar-refractivity contribution in [1.29, 1.82) is 0 Å². The molecule has 1 aliphatic heterocycles. The minimum absolute atomic E-state index is 0.155. The van der Waals surface area contributed by atoms with Crippen LogP contribution in [0.3, 0.4) is 0 Å². The summed E-state index contributed by atoms with van der Waals surface area (Å²) in [6.45, 7) is 3.49. The number of hydrogen-bond donors (Lipinski definition) is 2. The second-order valence-corrected chi connectivity index (χ2v) is 4.66. The Kier molecular flexibility index (Phi) is 2.06. The molecule has 2 aromatic rings. The van der Waals surface area contributed by atoms with Gasteiger partial charge in [-0.15, -0.1) is 0 Å². The van der Waals surface area contributed by atoms with Gasteiger partial charge in [-0.05, 0) is 30.2 Å². The average Bonchev–Trinajstić information content (AvgIpc) is 2.60. The number of aryl methyl sites for hydroxylation is 1. The van der Waals surface area contributed by atoms with Crippen molar-refractivity contribution in [3.05, 3.63) is 35.5 Å². The molecule has 3 nitrogen and oxygen atoms in total. The highest BCUT2D eigenvalue weighted by Crippen LogP contribution is 2.34. The van der Waals surface area contributed by atoms with E-state index in [-0.39, 0.29) is 12.0 Å². The summed E-state index contributed by atoms with van der Waals surface area (Å²) < 4.78 is 5.24. The van der Waals surface area contributed by atoms with Crippen LogP contribution in [0.1, 0.15) is 11.1 Å². The number of aromatic nitrogens is 1. The zero-order valence-electron chi connectivity index (χ0n) is 9.29. The van der Waals surface area contributed by atoms with Crippen LogP contribution in [0.25, 0.3) is 10.9 Å². The van der Waals surface area contributed by atoms with Crippen molar-refractivity contribution in [2.45, 2.75) is 12.3 Å². The molecule has 0 atom stereocenters. The highest BCUT2D eigenvalue weighted by atomic mass is 16.5. The van der Waals surface area contributed by atoms with E-state index >= 15 is 0 Å². The molecule has 0 unspecified atom stereocenters. The first-order valence-corrected chi connectivity index (χ1v) is 5.52. The number of H-pyrrole nitrogens is 1. The number of benzene rings is 1. The minimum atomic E-state index is -0.169. The van der Waals surface area contributed by atoms with E-state index in [0.717, 1.165) is 5.52 Å². The smallest absolute Gasteiger partial charge is 0.0651 e. The van der Waals surface area contributed by atoms with Gasteiger partial charge >= 0.3 is 0 Å². The van der Waals surface area contributed by atoms with E-state index in [9.17, 15) is 5.11 Å². The van der Waals surface area contributed by atoms with Gasteiger partial charge in [0.15, 0.2) is 0 Å². The lowest BCUT2D eigenvalue weighted by Crippen LogP contribution is -2.49. The standard InChI is InChI=1S/C13H15NO2/c1-9-5-14-12-3-2-10(4-11(9)12)13(6-15)7-16-8-13/h2-5,14-15H,6-8H2,1H3. The minimum Gasteiger partial charge on any atom is -0.395 e. The van der Waals surface area contributed by atoms with Crippen LogP contribution >= 0.6 is 0 Å². The highest BCUT2D eigenvalue weighted by Gasteiger charge is 2.39. The zero-order chi connectivity index (χ0) is 11.2. The predicted octanol–water partition coefficient (Wildman–Crippen LogP) is 1.74. The Labute approximate surface area is 94.0 Å². The Morgan fingerprint density at radius 1 is 1.44 bits per heavy atom. The molecule has 1 aliphatic rings. The van der Waals surface area contributed by atoms with Crippen LogP contribution in [0.4, 0.5) is 0 Å². The SMILES string of the molecule is Cc1c[nH]c2ccc(C3(CO)COC3)cc12. The molecular formula is C13H15NO2. The largest absolute Gasteiger partial charge is 0.395 e. The molecule has 0 saturated carbocycles. The van der Waals surface area contributed by atoms with Crippen LogP contribution in [0.15, 0.2) is 24.4 Å². The quantitative estimate of drug-likeness (QED) is 0.804. The number of nitrogens with one attached hydrogen (secondary N) is 1. The number of aromatic amines is 1. The maximum Gasteiger partial charge on any atom is 0.0651 e. The van der Waals surface area contributed by atoms with E-state index in [2.05, 4.69) is 30.1 Å². The number of aliphatic hydroxyl groups excluding tert-OH is 1. The van der Waals surface area contributed by atoms with Crippen LogP contribution in [0, 0.1) is 6.92 Å². The third kappa shape index (κ3) is 1.22. The maximum absolute atomic E-state index is 9.49. The van der Waals surface area contributed by atoms with Gasteiger partial charge in [-0.3, -0.25) is 0 Å². The molecular weight excluding hydrogens is 202 g/mol. The number of rotatable bonds is 2. The lowest BCUT2D eigenvalue weighted by Gasteiger charge is -2.40. The first kappa shape index (κ1) is 9.87. The van der Waals surface area contributed by atoms with Gasteiger partial charge in [0.05, 0.1) is 25.2 Å². The Balaban J connectivity index is 2.13. The van der Waals surface area contributed by atoms with E-state index in [1.807, 2.05) is 6.20 Å². The molecule has 0 bridgehead atoms. The molecule has 1 fully saturated rings. The molecule has 2 heterocycles. The summed E-state index contributed by atoms with van der Waals surface area (Å²) in [7, 11) is 0. The Bertz CT molecular complexity index is 520. The van der Waals surface area contributed by atoms with Crippen LogP contribution in [0.2, 0.25) is 0 Å². The van der Waals surface area contributed by atoms with Gasteiger partial charge in [-0.2, -0.15) is 0 Å². The van der Waals surface area contributed by atoms with Crippen molar-refractivity contribution in [1.82, 2.24) is 4.98 Å². The summed E-state index contributed by atoms with van der Waals surface area (Å²) in [5, 5.41) is 10.7. The van der Waals surface area contributed by atoms with Crippen LogP contribution in [0.5, 0.6) is 0 Å². The van der Waals surface area contributed by atoms with Crippen molar-refractivity contribution in [3.63, 3.8) is 0 Å². The first-order valence-electron chi connectivity index (χ1n) is 5.52. The normalized spacial score (nSPS) is 18.6. The predicted molar refractivity (Wildman–Crippen MR) is 62.6 cm³/mol. The molecule has 1 aromatic carbocycles. The molecule has 3 heteroatoms. The topological polar surface area (TPSA) is 45.2 Å². The van der Waals surface area contributed by atoms with Crippen molar-refractivity contribution in [2.24, 2.45) is 0 Å². The van der Waals surface area contributed by atoms with Gasteiger partial charge in [0, 0.05) is 17.1 Å². The second kappa shape index (κ2) is 3.34. The molecule has 3 rings (SSSR count). The molecule has 1 saturated heterocycles. The second-order valence-electron chi connectivity index (χ2n) is 4.66. The van der Waals surface area contributed by atoms with Crippen molar-refractivity contribution >= 4 is 10.9 Å². The number of aliphatic hydroxyl groups is 1. The summed E-state index contributed by atoms with van der Waals surface area (Å²) in [6.07, 6.45) is 2.01. The van der Waals surface area contributed by atoms with Gasteiger partial charge in [0.2, 0.25) is 0 Å². The third-order valence-corrected chi connectivity index (χ3v) is 3.56. The van der Waals surface area contributed by atoms with Gasteiger partial charge in [-0.25, -0.2) is 0 Å². The van der Waals surface area contributed by atoms with Crippen molar-refractivity contribution in [3.8, 4) is 0 Å². The van der Waals surface area contributed by atoms with Gasteiger partial charge < -0.3 is 14.8 Å². The first-order chi connectivity index (χ1) is 7.75. The van der Waals surface area contributed by atoms with Gasteiger partial charge in [0.25, 0.3) is 0 Å². The average molecular weight is 217 g/mol. The fourth-order valence-corrected chi connectivity index (χ4v) is 2.29. The van der Waals surface area contributed by atoms with Crippen LogP contribution < -0.4 is 0 Å².